The van der Waals surface area contributed by atoms with Gasteiger partial charge in [0.1, 0.15) is 0 Å². The molecule has 4 rings (SSSR count). The summed E-state index contributed by atoms with van der Waals surface area (Å²) < 4.78 is 1.93. The standard InChI is InChI=1S/C19H25N5O/c1-12-4-3-5-16-15(12)6-7-17(16)21-19(25)18-13(2)24(23-22-18)14-8-10-20-11-9-14/h3-5,14,17,20H,6-11H2,1-2H3,(H,21,25)/t17-/m1/s1. The summed E-state index contributed by atoms with van der Waals surface area (Å²) in [6.45, 7) is 6.06. The average molecular weight is 339 g/mol. The van der Waals surface area contributed by atoms with Crippen LogP contribution in [0.4, 0.5) is 0 Å². The molecule has 1 aromatic carbocycles. The van der Waals surface area contributed by atoms with Crippen LogP contribution in [0.15, 0.2) is 18.2 Å². The fourth-order valence-electron chi connectivity index (χ4n) is 4.16. The molecule has 2 aliphatic rings. The summed E-state index contributed by atoms with van der Waals surface area (Å²) >= 11 is 0. The fraction of sp³-hybridized carbons (Fsp3) is 0.526. The van der Waals surface area contributed by atoms with Gasteiger partial charge in [0, 0.05) is 0 Å². The zero-order valence-corrected chi connectivity index (χ0v) is 14.9. The van der Waals surface area contributed by atoms with Gasteiger partial charge in [-0.2, -0.15) is 0 Å². The van der Waals surface area contributed by atoms with Crippen molar-refractivity contribution in [3.8, 4) is 0 Å². The van der Waals surface area contributed by atoms with E-state index in [1.807, 2.05) is 11.6 Å². The Labute approximate surface area is 148 Å². The number of aryl methyl sites for hydroxylation is 1. The van der Waals surface area contributed by atoms with Crippen LogP contribution in [-0.4, -0.2) is 34.0 Å². The lowest BCUT2D eigenvalue weighted by atomic mass is 10.0. The molecule has 6 heteroatoms. The maximum absolute atomic E-state index is 12.8. The number of benzene rings is 1. The third kappa shape index (κ3) is 2.95. The smallest absolute Gasteiger partial charge is 0.274 e. The van der Waals surface area contributed by atoms with E-state index in [0.717, 1.165) is 44.5 Å². The first kappa shape index (κ1) is 16.3. The summed E-state index contributed by atoms with van der Waals surface area (Å²) in [6, 6.07) is 6.74. The van der Waals surface area contributed by atoms with Crippen LogP contribution in [0.3, 0.4) is 0 Å². The quantitative estimate of drug-likeness (QED) is 0.899. The molecule has 1 fully saturated rings. The Bertz CT molecular complexity index is 791. The minimum Gasteiger partial charge on any atom is -0.344 e. The van der Waals surface area contributed by atoms with Gasteiger partial charge in [-0.25, -0.2) is 4.68 Å². The number of aromatic nitrogens is 3. The molecule has 1 aliphatic heterocycles. The maximum Gasteiger partial charge on any atom is 0.274 e. The Hall–Kier alpha value is -2.21. The third-order valence-electron chi connectivity index (χ3n) is 5.61. The summed E-state index contributed by atoms with van der Waals surface area (Å²) in [6.07, 6.45) is 4.03. The number of hydrogen-bond acceptors (Lipinski definition) is 4. The van der Waals surface area contributed by atoms with Crippen molar-refractivity contribution in [3.05, 3.63) is 46.3 Å². The largest absolute Gasteiger partial charge is 0.344 e. The highest BCUT2D eigenvalue weighted by molar-refractivity contribution is 5.93. The lowest BCUT2D eigenvalue weighted by Crippen LogP contribution is -2.31. The predicted octanol–water partition coefficient (Wildman–Crippen LogP) is 2.24. The molecular formula is C19H25N5O. The molecule has 1 atom stereocenters. The molecular weight excluding hydrogens is 314 g/mol. The molecule has 2 N–H and O–H groups in total. The van der Waals surface area contributed by atoms with Gasteiger partial charge in [0.2, 0.25) is 0 Å². The molecule has 6 nitrogen and oxygen atoms in total. The zero-order valence-electron chi connectivity index (χ0n) is 14.9. The van der Waals surface area contributed by atoms with Crippen LogP contribution in [0.1, 0.15) is 64.2 Å². The average Bonchev–Trinajstić information content (AvgIpc) is 3.20. The number of carbonyl (C=O) groups is 1. The SMILES string of the molecule is Cc1cccc2c1CC[C@H]2NC(=O)c1nnn(C2CCNCC2)c1C. The second-order valence-corrected chi connectivity index (χ2v) is 7.16. The first-order chi connectivity index (χ1) is 12.1. The Morgan fingerprint density at radius 3 is 2.84 bits per heavy atom. The van der Waals surface area contributed by atoms with E-state index in [-0.39, 0.29) is 11.9 Å². The van der Waals surface area contributed by atoms with E-state index in [1.54, 1.807) is 0 Å². The molecule has 1 aliphatic carbocycles. The van der Waals surface area contributed by atoms with Crippen LogP contribution in [0.2, 0.25) is 0 Å². The summed E-state index contributed by atoms with van der Waals surface area (Å²) in [5.74, 6) is -0.114. The van der Waals surface area contributed by atoms with Gasteiger partial charge in [-0.15, -0.1) is 5.10 Å². The summed E-state index contributed by atoms with van der Waals surface area (Å²) in [5, 5.41) is 15.0. The number of amides is 1. The normalized spacial score (nSPS) is 20.5. The van der Waals surface area contributed by atoms with Crippen molar-refractivity contribution in [2.45, 2.75) is 51.6 Å². The highest BCUT2D eigenvalue weighted by Gasteiger charge is 2.28. The van der Waals surface area contributed by atoms with Gasteiger partial charge in [0.05, 0.1) is 17.8 Å². The number of rotatable bonds is 3. The van der Waals surface area contributed by atoms with E-state index in [4.69, 9.17) is 0 Å². The van der Waals surface area contributed by atoms with Crippen LogP contribution >= 0.6 is 0 Å². The number of hydrogen-bond donors (Lipinski definition) is 2. The maximum atomic E-state index is 12.8. The van der Waals surface area contributed by atoms with Crippen molar-refractivity contribution < 1.29 is 4.79 Å². The van der Waals surface area contributed by atoms with E-state index in [9.17, 15) is 4.79 Å². The van der Waals surface area contributed by atoms with Crippen molar-refractivity contribution >= 4 is 5.91 Å². The zero-order chi connectivity index (χ0) is 17.4. The van der Waals surface area contributed by atoms with Crippen molar-refractivity contribution in [1.29, 1.82) is 0 Å². The molecule has 1 saturated heterocycles. The van der Waals surface area contributed by atoms with E-state index in [1.165, 1.54) is 16.7 Å². The molecule has 25 heavy (non-hydrogen) atoms. The molecule has 1 aromatic heterocycles. The third-order valence-corrected chi connectivity index (χ3v) is 5.61. The van der Waals surface area contributed by atoms with Gasteiger partial charge in [-0.1, -0.05) is 23.4 Å². The van der Waals surface area contributed by atoms with Gasteiger partial charge in [0.25, 0.3) is 5.91 Å². The minimum absolute atomic E-state index is 0.0748. The summed E-state index contributed by atoms with van der Waals surface area (Å²) in [4.78, 5) is 12.8. The lowest BCUT2D eigenvalue weighted by molar-refractivity contribution is 0.0931. The van der Waals surface area contributed by atoms with Crippen molar-refractivity contribution in [1.82, 2.24) is 25.6 Å². The number of nitrogens with one attached hydrogen (secondary N) is 2. The molecule has 2 heterocycles. The summed E-state index contributed by atoms with van der Waals surface area (Å²) in [7, 11) is 0. The highest BCUT2D eigenvalue weighted by Crippen LogP contribution is 2.33. The first-order valence-corrected chi connectivity index (χ1v) is 9.17. The Morgan fingerprint density at radius 1 is 1.24 bits per heavy atom. The molecule has 132 valence electrons. The number of nitrogens with zero attached hydrogens (tertiary/aromatic N) is 3. The Morgan fingerprint density at radius 2 is 2.04 bits per heavy atom. The minimum atomic E-state index is -0.114. The second kappa shape index (κ2) is 6.59. The first-order valence-electron chi connectivity index (χ1n) is 9.17. The van der Waals surface area contributed by atoms with Crippen molar-refractivity contribution in [2.75, 3.05) is 13.1 Å². The van der Waals surface area contributed by atoms with E-state index in [0.29, 0.717) is 11.7 Å². The van der Waals surface area contributed by atoms with Gasteiger partial charge in [0.15, 0.2) is 5.69 Å². The monoisotopic (exact) mass is 339 g/mol. The topological polar surface area (TPSA) is 71.8 Å². The van der Waals surface area contributed by atoms with Gasteiger partial charge < -0.3 is 10.6 Å². The molecule has 0 radical (unpaired) electrons. The summed E-state index contributed by atoms with van der Waals surface area (Å²) in [5.41, 5.74) is 5.26. The fourth-order valence-corrected chi connectivity index (χ4v) is 4.16. The molecule has 0 spiro atoms. The molecule has 2 aromatic rings. The molecule has 0 saturated carbocycles. The van der Waals surface area contributed by atoms with Crippen LogP contribution in [0.5, 0.6) is 0 Å². The van der Waals surface area contributed by atoms with E-state index < -0.39 is 0 Å². The molecule has 0 bridgehead atoms. The van der Waals surface area contributed by atoms with Gasteiger partial charge in [-0.05, 0) is 69.3 Å². The van der Waals surface area contributed by atoms with Crippen LogP contribution in [0.25, 0.3) is 0 Å². The van der Waals surface area contributed by atoms with E-state index >= 15 is 0 Å². The molecule has 0 unspecified atom stereocenters. The Balaban J connectivity index is 1.51. The van der Waals surface area contributed by atoms with E-state index in [2.05, 4.69) is 46.1 Å². The van der Waals surface area contributed by atoms with Gasteiger partial charge in [-0.3, -0.25) is 4.79 Å². The van der Waals surface area contributed by atoms with Crippen LogP contribution < -0.4 is 10.6 Å². The predicted molar refractivity (Wildman–Crippen MR) is 95.6 cm³/mol. The second-order valence-electron chi connectivity index (χ2n) is 7.16. The van der Waals surface area contributed by atoms with Crippen LogP contribution in [0, 0.1) is 13.8 Å². The highest BCUT2D eigenvalue weighted by atomic mass is 16.2. The van der Waals surface area contributed by atoms with Crippen molar-refractivity contribution in [3.63, 3.8) is 0 Å². The van der Waals surface area contributed by atoms with Crippen LogP contribution in [-0.2, 0) is 6.42 Å². The number of piperidine rings is 1. The molecule has 1 amide bonds. The lowest BCUT2D eigenvalue weighted by Gasteiger charge is -2.23. The number of fused-ring (bicyclic) bond motifs is 1. The van der Waals surface area contributed by atoms with Crippen molar-refractivity contribution in [2.24, 2.45) is 0 Å². The number of carbonyl (C=O) groups excluding carboxylic acids is 1. The van der Waals surface area contributed by atoms with Gasteiger partial charge >= 0.3 is 0 Å². The Kier molecular flexibility index (Phi) is 4.29.